The van der Waals surface area contributed by atoms with Gasteiger partial charge in [0, 0.05) is 36.1 Å². The quantitative estimate of drug-likeness (QED) is 0.703. The predicted octanol–water partition coefficient (Wildman–Crippen LogP) is 2.58. The number of hydrogen-bond donors (Lipinski definition) is 2. The Labute approximate surface area is 163 Å². The van der Waals surface area contributed by atoms with Gasteiger partial charge in [-0.3, -0.25) is 19.8 Å². The Morgan fingerprint density at radius 1 is 1.21 bits per heavy atom. The van der Waals surface area contributed by atoms with E-state index < -0.39 is 23.7 Å². The van der Waals surface area contributed by atoms with Gasteiger partial charge in [0.25, 0.3) is 12.3 Å². The molecule has 0 aliphatic carbocycles. The number of amides is 1. The largest absolute Gasteiger partial charge is 0.369 e. The lowest BCUT2D eigenvalue weighted by atomic mass is 9.84. The summed E-state index contributed by atoms with van der Waals surface area (Å²) in [6.45, 7) is 0. The van der Waals surface area contributed by atoms with E-state index in [9.17, 15) is 18.0 Å². The molecule has 1 unspecified atom stereocenters. The fourth-order valence-electron chi connectivity index (χ4n) is 3.29. The fraction of sp³-hybridized carbons (Fsp3) is 0.158. The maximum Gasteiger partial charge on any atom is 0.268 e. The molecule has 3 heterocycles. The average molecular weight is 400 g/mol. The van der Waals surface area contributed by atoms with Crippen LogP contribution in [-0.2, 0) is 10.3 Å². The van der Waals surface area contributed by atoms with Crippen LogP contribution >= 0.6 is 0 Å². The Bertz CT molecular complexity index is 1110. The number of aliphatic imine (C=N–C) groups is 1. The second-order valence-electron chi connectivity index (χ2n) is 6.47. The first-order chi connectivity index (χ1) is 13.8. The number of alkyl halides is 2. The van der Waals surface area contributed by atoms with Crippen LogP contribution in [0.25, 0.3) is 11.3 Å². The molecule has 0 spiro atoms. The van der Waals surface area contributed by atoms with Crippen LogP contribution < -0.4 is 5.73 Å². The molecule has 29 heavy (non-hydrogen) atoms. The lowest BCUT2D eigenvalue weighted by molar-refractivity contribution is -0.129. The zero-order chi connectivity index (χ0) is 20.8. The van der Waals surface area contributed by atoms with Crippen molar-refractivity contribution in [2.45, 2.75) is 12.0 Å². The van der Waals surface area contributed by atoms with E-state index in [0.29, 0.717) is 11.3 Å². The minimum atomic E-state index is -2.80. The summed E-state index contributed by atoms with van der Waals surface area (Å²) in [5.41, 5.74) is 4.15. The number of aromatic nitrogens is 3. The summed E-state index contributed by atoms with van der Waals surface area (Å²) in [6, 6.07) is 7.88. The fourth-order valence-corrected chi connectivity index (χ4v) is 3.29. The Balaban J connectivity index is 2.00. The van der Waals surface area contributed by atoms with E-state index in [-0.39, 0.29) is 22.8 Å². The molecule has 1 atom stereocenters. The van der Waals surface area contributed by atoms with Crippen molar-refractivity contribution in [2.75, 3.05) is 7.05 Å². The smallest absolute Gasteiger partial charge is 0.268 e. The number of rotatable bonds is 4. The highest BCUT2D eigenvalue weighted by atomic mass is 19.3. The molecule has 10 heteroatoms. The Kier molecular flexibility index (Phi) is 4.33. The molecule has 2 aromatic heterocycles. The number of nitrogens with two attached hydrogens (primary N) is 1. The highest BCUT2D eigenvalue weighted by molar-refractivity contribution is 6.08. The van der Waals surface area contributed by atoms with Gasteiger partial charge in [0.2, 0.25) is 5.54 Å². The van der Waals surface area contributed by atoms with Gasteiger partial charge in [-0.2, -0.15) is 5.10 Å². The first-order valence-electron chi connectivity index (χ1n) is 8.53. The molecule has 148 valence electrons. The number of nitrogens with zero attached hydrogens (tertiary/aromatic N) is 4. The van der Waals surface area contributed by atoms with Crippen LogP contribution in [0, 0.1) is 5.82 Å². The van der Waals surface area contributed by atoms with E-state index in [4.69, 9.17) is 5.73 Å². The highest BCUT2D eigenvalue weighted by Crippen LogP contribution is 2.41. The summed E-state index contributed by atoms with van der Waals surface area (Å²) in [4.78, 5) is 22.5. The zero-order valence-corrected chi connectivity index (χ0v) is 15.1. The summed E-state index contributed by atoms with van der Waals surface area (Å²) < 4.78 is 41.5. The van der Waals surface area contributed by atoms with Crippen LogP contribution in [0.15, 0.2) is 53.8 Å². The van der Waals surface area contributed by atoms with Gasteiger partial charge in [-0.15, -0.1) is 0 Å². The lowest BCUT2D eigenvalue weighted by Gasteiger charge is -2.26. The van der Waals surface area contributed by atoms with Crippen LogP contribution in [0.4, 0.5) is 13.2 Å². The van der Waals surface area contributed by atoms with Crippen molar-refractivity contribution in [1.29, 1.82) is 0 Å². The average Bonchev–Trinajstić information content (AvgIpc) is 3.33. The first kappa shape index (κ1) is 18.7. The molecule has 7 nitrogen and oxygen atoms in total. The molecule has 1 amide bonds. The van der Waals surface area contributed by atoms with Crippen molar-refractivity contribution in [3.63, 3.8) is 0 Å². The first-order valence-corrected chi connectivity index (χ1v) is 8.53. The zero-order valence-electron chi connectivity index (χ0n) is 15.1. The summed E-state index contributed by atoms with van der Waals surface area (Å²) >= 11 is 0. The van der Waals surface area contributed by atoms with E-state index in [1.807, 2.05) is 0 Å². The summed E-state index contributed by atoms with van der Waals surface area (Å²) in [6.07, 6.45) is -0.0813. The molecular formula is C19H15F3N6O. The maximum absolute atomic E-state index is 15.0. The van der Waals surface area contributed by atoms with Crippen molar-refractivity contribution in [2.24, 2.45) is 10.7 Å². The maximum atomic E-state index is 15.0. The third kappa shape index (κ3) is 2.84. The van der Waals surface area contributed by atoms with Gasteiger partial charge < -0.3 is 5.73 Å². The number of pyridine rings is 1. The third-order valence-corrected chi connectivity index (χ3v) is 4.80. The number of nitrogens with one attached hydrogen (secondary N) is 1. The van der Waals surface area contributed by atoms with Gasteiger partial charge >= 0.3 is 0 Å². The van der Waals surface area contributed by atoms with Gasteiger partial charge in [0.1, 0.15) is 5.82 Å². The predicted molar refractivity (Wildman–Crippen MR) is 98.3 cm³/mol. The third-order valence-electron chi connectivity index (χ3n) is 4.80. The number of carbonyl (C=O) groups excluding carboxylic acids is 1. The van der Waals surface area contributed by atoms with Crippen LogP contribution in [0.2, 0.25) is 0 Å². The van der Waals surface area contributed by atoms with E-state index in [2.05, 4.69) is 20.2 Å². The molecule has 0 saturated heterocycles. The van der Waals surface area contributed by atoms with E-state index in [1.54, 1.807) is 12.3 Å². The number of likely N-dealkylation sites (N-methyl/N-ethyl adjacent to an activating group) is 1. The molecule has 1 aliphatic rings. The van der Waals surface area contributed by atoms with Crippen molar-refractivity contribution >= 4 is 11.9 Å². The molecule has 0 bridgehead atoms. The van der Waals surface area contributed by atoms with E-state index in [1.165, 1.54) is 19.2 Å². The van der Waals surface area contributed by atoms with Crippen LogP contribution in [0.1, 0.15) is 23.2 Å². The number of benzene rings is 1. The number of halogens is 3. The van der Waals surface area contributed by atoms with Crippen molar-refractivity contribution in [3.8, 4) is 11.3 Å². The summed E-state index contributed by atoms with van der Waals surface area (Å²) in [7, 11) is 1.37. The normalized spacial score (nSPS) is 19.1. The van der Waals surface area contributed by atoms with Crippen molar-refractivity contribution < 1.29 is 18.0 Å². The van der Waals surface area contributed by atoms with E-state index >= 15 is 0 Å². The SMILES string of the molecule is CN1C(=O)C(c2cc(C(F)F)ccn2)(c2cc(-c3cc[nH]n3)ccc2F)N=C1N. The molecule has 0 fully saturated rings. The van der Waals surface area contributed by atoms with Crippen molar-refractivity contribution in [1.82, 2.24) is 20.1 Å². The Hall–Kier alpha value is -3.69. The standard InChI is InChI=1S/C19H15F3N6O/c1-28-17(29)19(26-18(28)23,15-9-11(16(21)22)4-6-24-15)12-8-10(2-3-13(12)20)14-5-7-25-27-14/h2-9,16H,1H3,(H2,23,26)(H,25,27). The van der Waals surface area contributed by atoms with Crippen LogP contribution in [0.3, 0.4) is 0 Å². The summed E-state index contributed by atoms with van der Waals surface area (Å²) in [5, 5.41) is 6.70. The van der Waals surface area contributed by atoms with Gasteiger partial charge in [-0.25, -0.2) is 18.2 Å². The minimum absolute atomic E-state index is 0.148. The molecule has 4 rings (SSSR count). The van der Waals surface area contributed by atoms with Gasteiger partial charge in [0.05, 0.1) is 11.4 Å². The van der Waals surface area contributed by atoms with Gasteiger partial charge in [0.15, 0.2) is 5.96 Å². The summed E-state index contributed by atoms with van der Waals surface area (Å²) in [5.74, 6) is -1.63. The van der Waals surface area contributed by atoms with Gasteiger partial charge in [-0.05, 0) is 36.4 Å². The number of guanidine groups is 1. The molecular weight excluding hydrogens is 385 g/mol. The van der Waals surface area contributed by atoms with E-state index in [0.717, 1.165) is 29.3 Å². The van der Waals surface area contributed by atoms with Crippen LogP contribution in [0.5, 0.6) is 0 Å². The van der Waals surface area contributed by atoms with Crippen molar-refractivity contribution in [3.05, 3.63) is 71.4 Å². The molecule has 0 radical (unpaired) electrons. The molecule has 1 aromatic carbocycles. The second kappa shape index (κ2) is 6.73. The topological polar surface area (TPSA) is 100 Å². The number of aromatic amines is 1. The highest BCUT2D eigenvalue weighted by Gasteiger charge is 2.52. The van der Waals surface area contributed by atoms with Crippen LogP contribution in [-0.4, -0.2) is 39.0 Å². The minimum Gasteiger partial charge on any atom is -0.369 e. The Morgan fingerprint density at radius 3 is 2.62 bits per heavy atom. The second-order valence-corrected chi connectivity index (χ2v) is 6.47. The van der Waals surface area contributed by atoms with Gasteiger partial charge in [-0.1, -0.05) is 0 Å². The molecule has 1 aliphatic heterocycles. The molecule has 3 aromatic rings. The number of H-pyrrole nitrogens is 1. The molecule has 0 saturated carbocycles. The monoisotopic (exact) mass is 400 g/mol. The lowest BCUT2D eigenvalue weighted by Crippen LogP contribution is -2.42. The number of carbonyl (C=O) groups is 1. The number of hydrogen-bond acceptors (Lipinski definition) is 5. The Morgan fingerprint density at radius 2 is 2.00 bits per heavy atom. The molecule has 3 N–H and O–H groups in total.